The average molecular weight is 615 g/mol. The molecule has 4 aliphatic carbocycles. The summed E-state index contributed by atoms with van der Waals surface area (Å²) in [4.78, 5) is 0. The lowest BCUT2D eigenvalue weighted by Gasteiger charge is -2.66. The molecule has 43 heavy (non-hydrogen) atoms. The van der Waals surface area contributed by atoms with Gasteiger partial charge in [0.05, 0.1) is 42.7 Å². The van der Waals surface area contributed by atoms with Crippen LogP contribution < -0.4 is 0 Å². The fourth-order valence-electron chi connectivity index (χ4n) is 10.9. The lowest BCUT2D eigenvalue weighted by atomic mass is 9.41. The molecule has 5 aliphatic rings. The molecule has 0 aromatic carbocycles. The monoisotopic (exact) mass is 614 g/mol. The molecule has 3 unspecified atom stereocenters. The Hall–Kier alpha value is -0.400. The normalized spacial score (nSPS) is 53.2. The molecule has 0 amide bonds. The van der Waals surface area contributed by atoms with Gasteiger partial charge < -0.3 is 50.0 Å². The fraction of sp³-hybridized carbons (Fsp3) is 1.00. The topological polar surface area (TPSA) is 169 Å². The van der Waals surface area contributed by atoms with Gasteiger partial charge in [-0.1, -0.05) is 34.6 Å². The number of hydrogen-bond donors (Lipinski definition) is 7. The van der Waals surface area contributed by atoms with Crippen LogP contribution in [0.5, 0.6) is 0 Å². The Balaban J connectivity index is 1.34. The van der Waals surface area contributed by atoms with Gasteiger partial charge in [-0.25, -0.2) is 0 Å². The summed E-state index contributed by atoms with van der Waals surface area (Å²) in [5.41, 5.74) is -2.15. The first kappa shape index (κ1) is 33.9. The van der Waals surface area contributed by atoms with E-state index in [0.29, 0.717) is 19.3 Å². The van der Waals surface area contributed by atoms with E-state index < -0.39 is 66.0 Å². The summed E-state index contributed by atoms with van der Waals surface area (Å²) in [5, 5.41) is 78.4. The maximum atomic E-state index is 12.6. The molecule has 0 spiro atoms. The third-order valence-electron chi connectivity index (χ3n) is 13.2. The molecule has 4 saturated carbocycles. The lowest BCUT2D eigenvalue weighted by Crippen LogP contribution is -2.71. The van der Waals surface area contributed by atoms with Gasteiger partial charge in [0.1, 0.15) is 18.3 Å². The molecule has 1 heterocycles. The molecule has 10 nitrogen and oxygen atoms in total. The Bertz CT molecular complexity index is 966. The van der Waals surface area contributed by atoms with Crippen LogP contribution in [0.3, 0.4) is 0 Å². The average Bonchev–Trinajstić information content (AvgIpc) is 3.21. The quantitative estimate of drug-likeness (QED) is 0.199. The highest BCUT2D eigenvalue weighted by Crippen LogP contribution is 2.70. The van der Waals surface area contributed by atoms with Crippen LogP contribution in [0.25, 0.3) is 0 Å². The third-order valence-corrected chi connectivity index (χ3v) is 13.2. The Morgan fingerprint density at radius 1 is 0.884 bits per heavy atom. The van der Waals surface area contributed by atoms with Gasteiger partial charge in [0.25, 0.3) is 0 Å². The largest absolute Gasteiger partial charge is 0.393 e. The van der Waals surface area contributed by atoms with Gasteiger partial charge in [-0.2, -0.15) is 0 Å². The summed E-state index contributed by atoms with van der Waals surface area (Å²) in [6.45, 7) is 10.4. The van der Waals surface area contributed by atoms with Crippen LogP contribution in [-0.2, 0) is 14.2 Å². The third kappa shape index (κ3) is 5.53. The van der Waals surface area contributed by atoms with E-state index in [9.17, 15) is 35.7 Å². The first-order valence-corrected chi connectivity index (χ1v) is 16.7. The zero-order valence-corrected chi connectivity index (χ0v) is 26.9. The fourth-order valence-corrected chi connectivity index (χ4v) is 10.9. The van der Waals surface area contributed by atoms with Crippen LogP contribution in [0.1, 0.15) is 86.0 Å². The van der Waals surface area contributed by atoms with Crippen LogP contribution in [0.2, 0.25) is 0 Å². The number of aliphatic hydroxyl groups is 7. The highest BCUT2D eigenvalue weighted by atomic mass is 16.7. The van der Waals surface area contributed by atoms with Crippen LogP contribution in [0.4, 0.5) is 0 Å². The molecule has 0 radical (unpaired) electrons. The number of rotatable bonds is 8. The van der Waals surface area contributed by atoms with Crippen molar-refractivity contribution in [2.75, 3.05) is 13.7 Å². The molecule has 5 fully saturated rings. The van der Waals surface area contributed by atoms with Crippen molar-refractivity contribution in [3.8, 4) is 0 Å². The summed E-state index contributed by atoms with van der Waals surface area (Å²) in [6.07, 6.45) is -3.02. The van der Waals surface area contributed by atoms with E-state index in [-0.39, 0.29) is 54.1 Å². The van der Waals surface area contributed by atoms with Crippen LogP contribution >= 0.6 is 0 Å². The Labute approximate surface area is 256 Å². The van der Waals surface area contributed by atoms with E-state index in [2.05, 4.69) is 20.8 Å². The molecular formula is C33H58O10. The first-order valence-electron chi connectivity index (χ1n) is 16.7. The SMILES string of the molecule is CO[C@H]1[C@H](O[C@H]2CC[C@@]3(C)C([C@H](O)C[C@]4(O)C3CC[C@@]3(C)C4[C@H](O)C[C@@H]3[C@H](C)CC[C@H](O)C(C)C)[C@H]2O)OC[C@@H](O)[C@@H]1O. The van der Waals surface area contributed by atoms with Crippen molar-refractivity contribution >= 4 is 0 Å². The molecular weight excluding hydrogens is 556 g/mol. The van der Waals surface area contributed by atoms with Crippen LogP contribution in [-0.4, -0.2) is 110 Å². The molecule has 0 aromatic heterocycles. The molecule has 1 aliphatic heterocycles. The first-order chi connectivity index (χ1) is 20.1. The second-order valence-corrected chi connectivity index (χ2v) is 15.8. The van der Waals surface area contributed by atoms with E-state index in [4.69, 9.17) is 14.2 Å². The maximum Gasteiger partial charge on any atom is 0.186 e. The van der Waals surface area contributed by atoms with Crippen molar-refractivity contribution in [3.05, 3.63) is 0 Å². The minimum Gasteiger partial charge on any atom is -0.393 e. The van der Waals surface area contributed by atoms with Gasteiger partial charge in [0.2, 0.25) is 0 Å². The van der Waals surface area contributed by atoms with E-state index in [1.165, 1.54) is 7.11 Å². The highest BCUT2D eigenvalue weighted by molar-refractivity contribution is 5.21. The van der Waals surface area contributed by atoms with Crippen molar-refractivity contribution in [2.24, 2.45) is 46.3 Å². The van der Waals surface area contributed by atoms with Crippen molar-refractivity contribution in [3.63, 3.8) is 0 Å². The zero-order valence-electron chi connectivity index (χ0n) is 26.9. The van der Waals surface area contributed by atoms with Crippen LogP contribution in [0.15, 0.2) is 0 Å². The highest BCUT2D eigenvalue weighted by Gasteiger charge is 2.72. The summed E-state index contributed by atoms with van der Waals surface area (Å²) < 4.78 is 17.2. The minimum absolute atomic E-state index is 0.0811. The number of hydrogen-bond acceptors (Lipinski definition) is 10. The summed E-state index contributed by atoms with van der Waals surface area (Å²) in [7, 11) is 1.40. The molecule has 250 valence electrons. The molecule has 0 aromatic rings. The smallest absolute Gasteiger partial charge is 0.186 e. The van der Waals surface area contributed by atoms with Crippen molar-refractivity contribution in [1.82, 2.24) is 0 Å². The van der Waals surface area contributed by atoms with Gasteiger partial charge in [0, 0.05) is 25.4 Å². The lowest BCUT2D eigenvalue weighted by molar-refractivity contribution is -0.320. The second-order valence-electron chi connectivity index (χ2n) is 15.8. The molecule has 1 saturated heterocycles. The minimum atomic E-state index is -1.27. The van der Waals surface area contributed by atoms with E-state index in [0.717, 1.165) is 25.7 Å². The van der Waals surface area contributed by atoms with Gasteiger partial charge in [0.15, 0.2) is 6.29 Å². The Morgan fingerprint density at radius 3 is 2.21 bits per heavy atom. The van der Waals surface area contributed by atoms with Crippen molar-refractivity contribution < 1.29 is 50.0 Å². The Kier molecular flexibility index (Phi) is 9.73. The second kappa shape index (κ2) is 12.3. The molecule has 10 heteroatoms. The van der Waals surface area contributed by atoms with E-state index in [1.54, 1.807) is 0 Å². The van der Waals surface area contributed by atoms with Gasteiger partial charge >= 0.3 is 0 Å². The maximum absolute atomic E-state index is 12.6. The summed E-state index contributed by atoms with van der Waals surface area (Å²) in [6, 6.07) is 0. The van der Waals surface area contributed by atoms with Crippen molar-refractivity contribution in [2.45, 2.75) is 147 Å². The van der Waals surface area contributed by atoms with Gasteiger partial charge in [-0.3, -0.25) is 0 Å². The molecule has 7 N–H and O–H groups in total. The van der Waals surface area contributed by atoms with Crippen LogP contribution in [0, 0.1) is 46.3 Å². The van der Waals surface area contributed by atoms with E-state index in [1.807, 2.05) is 13.8 Å². The number of methoxy groups -OCH3 is 1. The van der Waals surface area contributed by atoms with E-state index >= 15 is 0 Å². The molecule has 0 bridgehead atoms. The molecule has 5 rings (SSSR count). The standard InChI is InChI=1S/C33H58O10/c1-16(2)19(34)8-7-17(3)18-13-20(35)29-31(18,4)12-10-24-32(5)11-9-23(27(39)25(32)21(36)14-33(24,29)40)43-30-28(41-6)26(38)22(37)15-42-30/h16-30,34-40H,7-15H2,1-6H3/t17-,18-,19+,20-,21-,22-,23+,24?,25?,26+,27+,28-,29?,30+,31-,32-,33+/m1/s1. The number of fused-ring (bicyclic) bond motifs is 5. The predicted molar refractivity (Wildman–Crippen MR) is 158 cm³/mol. The summed E-state index contributed by atoms with van der Waals surface area (Å²) >= 11 is 0. The number of aliphatic hydroxyl groups excluding tert-OH is 6. The molecule has 17 atom stereocenters. The zero-order chi connectivity index (χ0) is 31.6. The van der Waals surface area contributed by atoms with Crippen molar-refractivity contribution in [1.29, 1.82) is 0 Å². The van der Waals surface area contributed by atoms with Gasteiger partial charge in [-0.05, 0) is 79.4 Å². The van der Waals surface area contributed by atoms with Gasteiger partial charge in [-0.15, -0.1) is 0 Å². The number of ether oxygens (including phenoxy) is 3. The predicted octanol–water partition coefficient (Wildman–Crippen LogP) is 1.58. The summed E-state index contributed by atoms with van der Waals surface area (Å²) in [5.74, 6) is -0.458. The Morgan fingerprint density at radius 2 is 1.56 bits per heavy atom.